The molecule has 1 aliphatic carbocycles. The zero-order valence-corrected chi connectivity index (χ0v) is 13.2. The highest BCUT2D eigenvalue weighted by atomic mass is 16.2. The van der Waals surface area contributed by atoms with E-state index in [1.54, 1.807) is 0 Å². The Morgan fingerprint density at radius 1 is 1.10 bits per heavy atom. The average molecular weight is 281 g/mol. The monoisotopic (exact) mass is 281 g/mol. The summed E-state index contributed by atoms with van der Waals surface area (Å²) in [7, 11) is 2.01. The van der Waals surface area contributed by atoms with Gasteiger partial charge in [0.05, 0.1) is 6.54 Å². The summed E-state index contributed by atoms with van der Waals surface area (Å²) >= 11 is 0. The van der Waals surface area contributed by atoms with E-state index in [-0.39, 0.29) is 0 Å². The van der Waals surface area contributed by atoms with Gasteiger partial charge < -0.3 is 10.2 Å². The summed E-state index contributed by atoms with van der Waals surface area (Å²) in [6.45, 7) is 5.90. The third-order valence-corrected chi connectivity index (χ3v) is 5.05. The number of amides is 1. The van der Waals surface area contributed by atoms with Crippen LogP contribution in [-0.2, 0) is 4.79 Å². The maximum Gasteiger partial charge on any atom is 0.236 e. The Balaban J connectivity index is 1.83. The fourth-order valence-corrected chi connectivity index (χ4v) is 3.60. The van der Waals surface area contributed by atoms with Gasteiger partial charge in [-0.1, -0.05) is 26.2 Å². The molecule has 0 bridgehead atoms. The first-order chi connectivity index (χ1) is 9.72. The van der Waals surface area contributed by atoms with Gasteiger partial charge >= 0.3 is 0 Å². The van der Waals surface area contributed by atoms with Crippen molar-refractivity contribution < 1.29 is 4.79 Å². The fraction of sp³-hybridized carbons (Fsp3) is 0.938. The van der Waals surface area contributed by atoms with Gasteiger partial charge in [0.2, 0.25) is 5.91 Å². The van der Waals surface area contributed by atoms with Crippen LogP contribution in [-0.4, -0.2) is 61.0 Å². The van der Waals surface area contributed by atoms with Crippen LogP contribution in [0.2, 0.25) is 0 Å². The molecule has 1 aliphatic heterocycles. The van der Waals surface area contributed by atoms with Gasteiger partial charge in [-0.05, 0) is 38.8 Å². The molecule has 1 N–H and O–H groups in total. The van der Waals surface area contributed by atoms with E-state index >= 15 is 0 Å². The van der Waals surface area contributed by atoms with E-state index in [0.29, 0.717) is 24.5 Å². The molecule has 0 aromatic carbocycles. The molecule has 0 radical (unpaired) electrons. The quantitative estimate of drug-likeness (QED) is 0.835. The molecule has 20 heavy (non-hydrogen) atoms. The van der Waals surface area contributed by atoms with E-state index < -0.39 is 0 Å². The van der Waals surface area contributed by atoms with Crippen LogP contribution in [0, 0.1) is 0 Å². The van der Waals surface area contributed by atoms with Crippen LogP contribution in [0.15, 0.2) is 0 Å². The molecule has 0 aromatic rings. The summed E-state index contributed by atoms with van der Waals surface area (Å²) in [6.07, 6.45) is 8.75. The van der Waals surface area contributed by atoms with Gasteiger partial charge in [0.1, 0.15) is 0 Å². The summed E-state index contributed by atoms with van der Waals surface area (Å²) in [5.41, 5.74) is 0. The van der Waals surface area contributed by atoms with Crippen molar-refractivity contribution in [2.45, 2.75) is 64.0 Å². The smallest absolute Gasteiger partial charge is 0.236 e. The minimum absolute atomic E-state index is 0.310. The SMILES string of the molecule is CCN(CC(=O)N(C)C1CCCCC1)C1CCCNC1. The second-order valence-electron chi connectivity index (χ2n) is 6.36. The lowest BCUT2D eigenvalue weighted by Gasteiger charge is -2.36. The van der Waals surface area contributed by atoms with Gasteiger partial charge in [-0.15, -0.1) is 0 Å². The lowest BCUT2D eigenvalue weighted by Crippen LogP contribution is -2.51. The number of rotatable bonds is 5. The number of hydrogen-bond acceptors (Lipinski definition) is 3. The second-order valence-corrected chi connectivity index (χ2v) is 6.36. The molecule has 4 nitrogen and oxygen atoms in total. The van der Waals surface area contributed by atoms with E-state index in [2.05, 4.69) is 17.1 Å². The van der Waals surface area contributed by atoms with Crippen molar-refractivity contribution in [3.8, 4) is 0 Å². The molecule has 116 valence electrons. The van der Waals surface area contributed by atoms with E-state index in [0.717, 1.165) is 19.6 Å². The van der Waals surface area contributed by atoms with E-state index in [1.807, 2.05) is 11.9 Å². The molecular weight excluding hydrogens is 250 g/mol. The number of carbonyl (C=O) groups excluding carboxylic acids is 1. The molecule has 1 amide bonds. The highest BCUT2D eigenvalue weighted by Crippen LogP contribution is 2.22. The van der Waals surface area contributed by atoms with Gasteiger partial charge in [-0.3, -0.25) is 9.69 Å². The predicted octanol–water partition coefficient (Wildman–Crippen LogP) is 1.85. The predicted molar refractivity (Wildman–Crippen MR) is 82.8 cm³/mol. The molecule has 0 aromatic heterocycles. The van der Waals surface area contributed by atoms with Gasteiger partial charge in [-0.2, -0.15) is 0 Å². The first kappa shape index (κ1) is 15.8. The number of hydrogen-bond donors (Lipinski definition) is 1. The third-order valence-electron chi connectivity index (χ3n) is 5.05. The average Bonchev–Trinajstić information content (AvgIpc) is 2.53. The normalized spacial score (nSPS) is 24.9. The second kappa shape index (κ2) is 7.99. The van der Waals surface area contributed by atoms with Gasteiger partial charge in [0.25, 0.3) is 0 Å². The van der Waals surface area contributed by atoms with E-state index in [9.17, 15) is 4.79 Å². The Kier molecular flexibility index (Phi) is 6.30. The van der Waals surface area contributed by atoms with Gasteiger partial charge in [0.15, 0.2) is 0 Å². The Bertz CT molecular complexity index is 296. The van der Waals surface area contributed by atoms with Crippen LogP contribution in [0.25, 0.3) is 0 Å². The highest BCUT2D eigenvalue weighted by molar-refractivity contribution is 5.78. The number of carbonyl (C=O) groups is 1. The number of likely N-dealkylation sites (N-methyl/N-ethyl adjacent to an activating group) is 2. The lowest BCUT2D eigenvalue weighted by atomic mass is 9.94. The first-order valence-corrected chi connectivity index (χ1v) is 8.42. The summed E-state index contributed by atoms with van der Waals surface area (Å²) in [5.74, 6) is 0.310. The molecule has 2 aliphatic rings. The topological polar surface area (TPSA) is 35.6 Å². The standard InChI is InChI=1S/C16H31N3O/c1-3-19(15-10-7-11-17-12-15)13-16(20)18(2)14-8-5-4-6-9-14/h14-15,17H,3-13H2,1-2H3. The van der Waals surface area contributed by atoms with Crippen molar-refractivity contribution in [3.05, 3.63) is 0 Å². The van der Waals surface area contributed by atoms with Crippen LogP contribution in [0.3, 0.4) is 0 Å². The van der Waals surface area contributed by atoms with Crippen LogP contribution in [0.4, 0.5) is 0 Å². The van der Waals surface area contributed by atoms with Crippen molar-refractivity contribution >= 4 is 5.91 Å². The number of nitrogens with zero attached hydrogens (tertiary/aromatic N) is 2. The molecule has 4 heteroatoms. The lowest BCUT2D eigenvalue weighted by molar-refractivity contribution is -0.134. The number of nitrogens with one attached hydrogen (secondary N) is 1. The van der Waals surface area contributed by atoms with Crippen molar-refractivity contribution in [2.75, 3.05) is 33.2 Å². The van der Waals surface area contributed by atoms with Crippen molar-refractivity contribution in [2.24, 2.45) is 0 Å². The van der Waals surface area contributed by atoms with Crippen LogP contribution < -0.4 is 5.32 Å². The molecule has 2 fully saturated rings. The van der Waals surface area contributed by atoms with Crippen molar-refractivity contribution in [1.29, 1.82) is 0 Å². The van der Waals surface area contributed by atoms with Gasteiger partial charge in [-0.25, -0.2) is 0 Å². The molecular formula is C16H31N3O. The minimum atomic E-state index is 0.310. The van der Waals surface area contributed by atoms with Crippen LogP contribution in [0.5, 0.6) is 0 Å². The summed E-state index contributed by atoms with van der Waals surface area (Å²) in [5, 5.41) is 3.45. The number of piperidine rings is 1. The Labute approximate surface area is 123 Å². The third kappa shape index (κ3) is 4.19. The fourth-order valence-electron chi connectivity index (χ4n) is 3.60. The molecule has 2 rings (SSSR count). The molecule has 1 heterocycles. The maximum absolute atomic E-state index is 12.5. The van der Waals surface area contributed by atoms with Crippen molar-refractivity contribution in [1.82, 2.24) is 15.1 Å². The zero-order valence-electron chi connectivity index (χ0n) is 13.2. The van der Waals surface area contributed by atoms with Crippen LogP contribution >= 0.6 is 0 Å². The van der Waals surface area contributed by atoms with Crippen LogP contribution in [0.1, 0.15) is 51.9 Å². The summed E-state index contributed by atoms with van der Waals surface area (Å²) in [4.78, 5) is 16.9. The Hall–Kier alpha value is -0.610. The molecule has 1 unspecified atom stereocenters. The molecule has 1 atom stereocenters. The van der Waals surface area contributed by atoms with E-state index in [4.69, 9.17) is 0 Å². The summed E-state index contributed by atoms with van der Waals surface area (Å²) in [6, 6.07) is 1.02. The Morgan fingerprint density at radius 3 is 2.40 bits per heavy atom. The maximum atomic E-state index is 12.5. The molecule has 1 saturated heterocycles. The zero-order chi connectivity index (χ0) is 14.4. The highest BCUT2D eigenvalue weighted by Gasteiger charge is 2.26. The van der Waals surface area contributed by atoms with Crippen molar-refractivity contribution in [3.63, 3.8) is 0 Å². The largest absolute Gasteiger partial charge is 0.342 e. The molecule has 1 saturated carbocycles. The van der Waals surface area contributed by atoms with E-state index in [1.165, 1.54) is 44.9 Å². The minimum Gasteiger partial charge on any atom is -0.342 e. The summed E-state index contributed by atoms with van der Waals surface area (Å²) < 4.78 is 0. The van der Waals surface area contributed by atoms with Gasteiger partial charge in [0, 0.05) is 25.7 Å². The first-order valence-electron chi connectivity index (χ1n) is 8.42. The Morgan fingerprint density at radius 2 is 1.80 bits per heavy atom. The molecule has 0 spiro atoms.